The first kappa shape index (κ1) is 15.4. The summed E-state index contributed by atoms with van der Waals surface area (Å²) in [5, 5.41) is 12.1. The second-order valence-corrected chi connectivity index (χ2v) is 6.97. The van der Waals surface area contributed by atoms with Crippen molar-refractivity contribution in [1.82, 2.24) is 25.0 Å². The van der Waals surface area contributed by atoms with Crippen LogP contribution in [0.25, 0.3) is 0 Å². The molecule has 1 N–H and O–H groups in total. The Morgan fingerprint density at radius 2 is 2.00 bits per heavy atom. The standard InChI is InChI=1S/C15H29N5/c1-12-17-18-14(19(12)5)11-20-9-7-6-8-13(20)10-16-15(2,3)4/h13,16H,6-11H2,1-5H3. The zero-order chi connectivity index (χ0) is 14.8. The molecule has 2 rings (SSSR count). The van der Waals surface area contributed by atoms with Gasteiger partial charge >= 0.3 is 0 Å². The summed E-state index contributed by atoms with van der Waals surface area (Å²) in [6, 6.07) is 0.611. The molecule has 20 heavy (non-hydrogen) atoms. The van der Waals surface area contributed by atoms with E-state index < -0.39 is 0 Å². The van der Waals surface area contributed by atoms with E-state index in [2.05, 4.69) is 52.8 Å². The summed E-state index contributed by atoms with van der Waals surface area (Å²) in [7, 11) is 2.05. The minimum Gasteiger partial charge on any atom is -0.317 e. The number of hydrogen-bond acceptors (Lipinski definition) is 4. The van der Waals surface area contributed by atoms with E-state index in [1.165, 1.54) is 25.8 Å². The Balaban J connectivity index is 1.98. The summed E-state index contributed by atoms with van der Waals surface area (Å²) in [6.45, 7) is 11.8. The lowest BCUT2D eigenvalue weighted by molar-refractivity contribution is 0.126. The first-order valence-corrected chi connectivity index (χ1v) is 7.71. The van der Waals surface area contributed by atoms with Crippen LogP contribution in [0.4, 0.5) is 0 Å². The van der Waals surface area contributed by atoms with E-state index in [1.54, 1.807) is 0 Å². The highest BCUT2D eigenvalue weighted by atomic mass is 15.3. The zero-order valence-electron chi connectivity index (χ0n) is 13.6. The number of likely N-dealkylation sites (tertiary alicyclic amines) is 1. The Morgan fingerprint density at radius 1 is 1.25 bits per heavy atom. The van der Waals surface area contributed by atoms with E-state index in [1.807, 2.05) is 6.92 Å². The van der Waals surface area contributed by atoms with Crippen molar-refractivity contribution >= 4 is 0 Å². The second kappa shape index (κ2) is 6.22. The first-order valence-electron chi connectivity index (χ1n) is 7.71. The zero-order valence-corrected chi connectivity index (χ0v) is 13.6. The van der Waals surface area contributed by atoms with Gasteiger partial charge in [0.2, 0.25) is 0 Å². The molecule has 0 bridgehead atoms. The van der Waals surface area contributed by atoms with Crippen molar-refractivity contribution in [1.29, 1.82) is 0 Å². The molecule has 5 nitrogen and oxygen atoms in total. The van der Waals surface area contributed by atoms with Gasteiger partial charge in [-0.1, -0.05) is 6.42 Å². The molecule has 1 aliphatic heterocycles. The van der Waals surface area contributed by atoms with Crippen molar-refractivity contribution in [3.05, 3.63) is 11.6 Å². The fourth-order valence-electron chi connectivity index (χ4n) is 2.69. The highest BCUT2D eigenvalue weighted by Gasteiger charge is 2.25. The fourth-order valence-corrected chi connectivity index (χ4v) is 2.69. The first-order chi connectivity index (χ1) is 9.37. The molecule has 2 heterocycles. The number of aryl methyl sites for hydroxylation is 1. The largest absolute Gasteiger partial charge is 0.317 e. The van der Waals surface area contributed by atoms with E-state index in [0.29, 0.717) is 6.04 Å². The number of hydrogen-bond donors (Lipinski definition) is 1. The van der Waals surface area contributed by atoms with E-state index in [0.717, 1.165) is 24.7 Å². The minimum absolute atomic E-state index is 0.185. The Kier molecular flexibility index (Phi) is 4.81. The van der Waals surface area contributed by atoms with Crippen LogP contribution < -0.4 is 5.32 Å². The van der Waals surface area contributed by atoms with E-state index in [9.17, 15) is 0 Å². The van der Waals surface area contributed by atoms with Crippen LogP contribution in [-0.2, 0) is 13.6 Å². The van der Waals surface area contributed by atoms with Gasteiger partial charge in [0.25, 0.3) is 0 Å². The Bertz CT molecular complexity index is 432. The lowest BCUT2D eigenvalue weighted by Gasteiger charge is -2.37. The quantitative estimate of drug-likeness (QED) is 0.914. The topological polar surface area (TPSA) is 46.0 Å². The van der Waals surface area contributed by atoms with Crippen LogP contribution in [0.5, 0.6) is 0 Å². The van der Waals surface area contributed by atoms with Gasteiger partial charge in [-0.25, -0.2) is 0 Å². The molecular formula is C15H29N5. The highest BCUT2D eigenvalue weighted by Crippen LogP contribution is 2.19. The van der Waals surface area contributed by atoms with Crippen LogP contribution in [-0.4, -0.2) is 44.3 Å². The fraction of sp³-hybridized carbons (Fsp3) is 0.867. The molecule has 1 aromatic heterocycles. The average molecular weight is 279 g/mol. The molecule has 0 aliphatic carbocycles. The normalized spacial score (nSPS) is 21.4. The second-order valence-electron chi connectivity index (χ2n) is 6.97. The maximum absolute atomic E-state index is 4.30. The molecule has 114 valence electrons. The predicted molar refractivity (Wildman–Crippen MR) is 81.5 cm³/mol. The van der Waals surface area contributed by atoms with Crippen LogP contribution in [0.1, 0.15) is 51.7 Å². The Labute approximate surface area is 122 Å². The van der Waals surface area contributed by atoms with Crippen LogP contribution in [0.15, 0.2) is 0 Å². The van der Waals surface area contributed by atoms with Gasteiger partial charge in [-0.2, -0.15) is 0 Å². The molecule has 0 aromatic carbocycles. The number of nitrogens with one attached hydrogen (secondary N) is 1. The van der Waals surface area contributed by atoms with Crippen molar-refractivity contribution in [3.8, 4) is 0 Å². The van der Waals surface area contributed by atoms with Crippen molar-refractivity contribution in [3.63, 3.8) is 0 Å². The van der Waals surface area contributed by atoms with Gasteiger partial charge in [0.15, 0.2) is 0 Å². The Hall–Kier alpha value is -0.940. The van der Waals surface area contributed by atoms with Crippen LogP contribution >= 0.6 is 0 Å². The van der Waals surface area contributed by atoms with Crippen molar-refractivity contribution in [2.75, 3.05) is 13.1 Å². The molecule has 1 aliphatic rings. The van der Waals surface area contributed by atoms with Crippen molar-refractivity contribution < 1.29 is 0 Å². The summed E-state index contributed by atoms with van der Waals surface area (Å²) < 4.78 is 2.10. The highest BCUT2D eigenvalue weighted by molar-refractivity contribution is 4.94. The lowest BCUT2D eigenvalue weighted by atomic mass is 10.0. The number of nitrogens with zero attached hydrogens (tertiary/aromatic N) is 4. The maximum Gasteiger partial charge on any atom is 0.146 e. The third-order valence-electron chi connectivity index (χ3n) is 4.14. The summed E-state index contributed by atoms with van der Waals surface area (Å²) in [5.74, 6) is 2.06. The van der Waals surface area contributed by atoms with E-state index in [4.69, 9.17) is 0 Å². The summed E-state index contributed by atoms with van der Waals surface area (Å²) in [6.07, 6.45) is 3.91. The molecule has 1 aromatic rings. The van der Waals surface area contributed by atoms with Crippen molar-refractivity contribution in [2.24, 2.45) is 7.05 Å². The number of rotatable bonds is 4. The summed E-state index contributed by atoms with van der Waals surface area (Å²) >= 11 is 0. The van der Waals surface area contributed by atoms with Gasteiger partial charge in [0, 0.05) is 25.2 Å². The van der Waals surface area contributed by atoms with E-state index in [-0.39, 0.29) is 5.54 Å². The summed E-state index contributed by atoms with van der Waals surface area (Å²) in [5.41, 5.74) is 0.185. The predicted octanol–water partition coefficient (Wildman–Crippen LogP) is 1.87. The maximum atomic E-state index is 4.30. The van der Waals surface area contributed by atoms with Gasteiger partial charge in [0.1, 0.15) is 11.6 Å². The molecule has 0 saturated carbocycles. The molecule has 1 unspecified atom stereocenters. The molecule has 1 saturated heterocycles. The molecule has 0 radical (unpaired) electrons. The molecule has 0 amide bonds. The van der Waals surface area contributed by atoms with Gasteiger partial charge in [-0.15, -0.1) is 10.2 Å². The third-order valence-corrected chi connectivity index (χ3v) is 4.14. The Morgan fingerprint density at radius 3 is 2.60 bits per heavy atom. The number of aromatic nitrogens is 3. The van der Waals surface area contributed by atoms with Gasteiger partial charge < -0.3 is 9.88 Å². The molecule has 5 heteroatoms. The number of piperidine rings is 1. The van der Waals surface area contributed by atoms with E-state index >= 15 is 0 Å². The van der Waals surface area contributed by atoms with Gasteiger partial charge in [0.05, 0.1) is 6.54 Å². The molecule has 1 fully saturated rings. The molecular weight excluding hydrogens is 250 g/mol. The molecule has 1 atom stereocenters. The average Bonchev–Trinajstić information content (AvgIpc) is 2.69. The van der Waals surface area contributed by atoms with Gasteiger partial charge in [-0.3, -0.25) is 4.90 Å². The summed E-state index contributed by atoms with van der Waals surface area (Å²) in [4.78, 5) is 2.56. The molecule has 0 spiro atoms. The van der Waals surface area contributed by atoms with Gasteiger partial charge in [-0.05, 0) is 47.1 Å². The van der Waals surface area contributed by atoms with Crippen LogP contribution in [0, 0.1) is 6.92 Å². The monoisotopic (exact) mass is 279 g/mol. The SMILES string of the molecule is Cc1nnc(CN2CCCCC2CNC(C)(C)C)n1C. The third kappa shape index (κ3) is 4.03. The minimum atomic E-state index is 0.185. The van der Waals surface area contributed by atoms with Crippen LogP contribution in [0.3, 0.4) is 0 Å². The smallest absolute Gasteiger partial charge is 0.146 e. The van der Waals surface area contributed by atoms with Crippen LogP contribution in [0.2, 0.25) is 0 Å². The lowest BCUT2D eigenvalue weighted by Crippen LogP contribution is -2.49. The van der Waals surface area contributed by atoms with Crippen molar-refractivity contribution in [2.45, 2.75) is 65.1 Å².